The molecule has 1 saturated heterocycles. The second-order valence-corrected chi connectivity index (χ2v) is 9.37. The van der Waals surface area contributed by atoms with Gasteiger partial charge in [-0.1, -0.05) is 68.1 Å². The van der Waals surface area contributed by atoms with Gasteiger partial charge in [0.1, 0.15) is 0 Å². The number of aliphatic imine (C=N–C) groups is 1. The van der Waals surface area contributed by atoms with Gasteiger partial charge >= 0.3 is 5.97 Å². The van der Waals surface area contributed by atoms with Crippen LogP contribution in [0.1, 0.15) is 44.4 Å². The molecule has 2 aromatic carbocycles. The van der Waals surface area contributed by atoms with Crippen molar-refractivity contribution in [2.75, 3.05) is 24.2 Å². The second kappa shape index (κ2) is 10.3. The van der Waals surface area contributed by atoms with Gasteiger partial charge in [-0.2, -0.15) is 0 Å². The number of nitrogens with zero attached hydrogens (tertiary/aromatic N) is 2. The van der Waals surface area contributed by atoms with Crippen LogP contribution in [-0.2, 0) is 14.3 Å². The first-order chi connectivity index (χ1) is 16.0. The van der Waals surface area contributed by atoms with Gasteiger partial charge in [-0.05, 0) is 31.0 Å². The predicted octanol–water partition coefficient (Wildman–Crippen LogP) is 5.11. The van der Waals surface area contributed by atoms with E-state index in [9.17, 15) is 9.59 Å². The Labute approximate surface area is 199 Å². The number of esters is 1. The number of carbonyl (C=O) groups is 2. The summed E-state index contributed by atoms with van der Waals surface area (Å²) < 4.78 is 5.51. The van der Waals surface area contributed by atoms with Gasteiger partial charge in [-0.3, -0.25) is 4.79 Å². The highest BCUT2D eigenvalue weighted by molar-refractivity contribution is 8.13. The molecule has 1 unspecified atom stereocenters. The van der Waals surface area contributed by atoms with Crippen molar-refractivity contribution in [2.24, 2.45) is 10.9 Å². The lowest BCUT2D eigenvalue weighted by Gasteiger charge is -2.41. The monoisotopic (exact) mass is 463 g/mol. The van der Waals surface area contributed by atoms with E-state index < -0.39 is 0 Å². The van der Waals surface area contributed by atoms with Crippen LogP contribution >= 0.6 is 11.8 Å². The summed E-state index contributed by atoms with van der Waals surface area (Å²) in [5.41, 5.74) is 3.80. The van der Waals surface area contributed by atoms with E-state index in [0.717, 1.165) is 40.7 Å². The average Bonchev–Trinajstić information content (AvgIpc) is 2.84. The second-order valence-electron chi connectivity index (χ2n) is 8.31. The van der Waals surface area contributed by atoms with Crippen LogP contribution in [0, 0.1) is 5.92 Å². The number of amides is 1. The maximum absolute atomic E-state index is 13.3. The molecule has 0 spiro atoms. The molecule has 33 heavy (non-hydrogen) atoms. The number of carbonyl (C=O) groups excluding carboxylic acids is 2. The largest absolute Gasteiger partial charge is 0.463 e. The summed E-state index contributed by atoms with van der Waals surface area (Å²) in [5, 5.41) is 3.86. The van der Waals surface area contributed by atoms with Crippen LogP contribution in [0.5, 0.6) is 0 Å². The van der Waals surface area contributed by atoms with E-state index >= 15 is 0 Å². The van der Waals surface area contributed by atoms with Crippen molar-refractivity contribution in [2.45, 2.75) is 33.2 Å². The fraction of sp³-hybridized carbons (Fsp3) is 0.346. The maximum atomic E-state index is 13.3. The molecular weight excluding hydrogens is 434 g/mol. The number of benzene rings is 2. The van der Waals surface area contributed by atoms with Gasteiger partial charge in [0.25, 0.3) is 0 Å². The molecule has 1 amide bonds. The van der Waals surface area contributed by atoms with Gasteiger partial charge in [0.15, 0.2) is 5.17 Å². The van der Waals surface area contributed by atoms with Crippen molar-refractivity contribution in [3.05, 3.63) is 71.3 Å². The van der Waals surface area contributed by atoms with Crippen LogP contribution in [0.4, 0.5) is 5.69 Å². The van der Waals surface area contributed by atoms with Crippen LogP contribution < -0.4 is 5.32 Å². The highest BCUT2D eigenvalue weighted by Gasteiger charge is 2.39. The molecule has 0 bridgehead atoms. The summed E-state index contributed by atoms with van der Waals surface area (Å²) in [4.78, 5) is 32.5. The Morgan fingerprint density at radius 2 is 1.88 bits per heavy atom. The lowest BCUT2D eigenvalue weighted by molar-refractivity contribution is -0.139. The van der Waals surface area contributed by atoms with Gasteiger partial charge in [-0.25, -0.2) is 9.79 Å². The number of anilines is 1. The third-order valence-corrected chi connectivity index (χ3v) is 6.71. The molecule has 0 aromatic heterocycles. The minimum absolute atomic E-state index is 0.0271. The Hall–Kier alpha value is -3.06. The minimum Gasteiger partial charge on any atom is -0.463 e. The molecule has 7 heteroatoms. The van der Waals surface area contributed by atoms with Gasteiger partial charge in [0.05, 0.1) is 23.9 Å². The Kier molecular flexibility index (Phi) is 7.18. The zero-order chi connectivity index (χ0) is 23.4. The van der Waals surface area contributed by atoms with Crippen LogP contribution in [0.25, 0.3) is 5.70 Å². The molecule has 1 atom stereocenters. The van der Waals surface area contributed by atoms with E-state index in [4.69, 9.17) is 9.73 Å². The number of amidine groups is 1. The number of thioether (sulfide) groups is 1. The lowest BCUT2D eigenvalue weighted by Crippen LogP contribution is -2.42. The Balaban J connectivity index is 1.81. The van der Waals surface area contributed by atoms with Crippen LogP contribution in [0.3, 0.4) is 0 Å². The SMILES string of the molecule is CCOC(=O)C1=C(c2ccccc2)N=C2SCCCN2C1c1ccc(NC(=O)C(C)C)cc1. The Morgan fingerprint density at radius 1 is 1.15 bits per heavy atom. The van der Waals surface area contributed by atoms with Crippen LogP contribution in [0.15, 0.2) is 65.2 Å². The minimum atomic E-state index is -0.350. The average molecular weight is 464 g/mol. The lowest BCUT2D eigenvalue weighted by atomic mass is 9.91. The third kappa shape index (κ3) is 4.98. The summed E-state index contributed by atoms with van der Waals surface area (Å²) in [6.45, 7) is 6.65. The molecule has 2 aliphatic rings. The number of rotatable bonds is 6. The maximum Gasteiger partial charge on any atom is 0.338 e. The zero-order valence-electron chi connectivity index (χ0n) is 19.2. The fourth-order valence-corrected chi connectivity index (χ4v) is 4.94. The van der Waals surface area contributed by atoms with E-state index in [1.54, 1.807) is 11.8 Å². The third-order valence-electron chi connectivity index (χ3n) is 5.63. The van der Waals surface area contributed by atoms with Crippen molar-refractivity contribution in [3.63, 3.8) is 0 Å². The zero-order valence-corrected chi connectivity index (χ0v) is 20.0. The molecular formula is C26H29N3O3S. The summed E-state index contributed by atoms with van der Waals surface area (Å²) >= 11 is 1.72. The van der Waals surface area contributed by atoms with Crippen molar-refractivity contribution in [3.8, 4) is 0 Å². The summed E-state index contributed by atoms with van der Waals surface area (Å²) in [6.07, 6.45) is 1.01. The number of nitrogens with one attached hydrogen (secondary N) is 1. The smallest absolute Gasteiger partial charge is 0.338 e. The van der Waals surface area contributed by atoms with Crippen molar-refractivity contribution in [1.82, 2.24) is 4.90 Å². The summed E-state index contributed by atoms with van der Waals surface area (Å²) in [7, 11) is 0. The summed E-state index contributed by atoms with van der Waals surface area (Å²) in [6, 6.07) is 17.2. The summed E-state index contributed by atoms with van der Waals surface area (Å²) in [5.74, 6) is 0.524. The van der Waals surface area contributed by atoms with E-state index in [2.05, 4.69) is 10.2 Å². The van der Waals surface area contributed by atoms with Crippen LogP contribution in [-0.4, -0.2) is 40.8 Å². The van der Waals surface area contributed by atoms with Crippen LogP contribution in [0.2, 0.25) is 0 Å². The molecule has 0 saturated carbocycles. The normalized spacial score (nSPS) is 18.0. The molecule has 6 nitrogen and oxygen atoms in total. The highest BCUT2D eigenvalue weighted by Crippen LogP contribution is 2.43. The fourth-order valence-electron chi connectivity index (χ4n) is 3.97. The number of hydrogen-bond acceptors (Lipinski definition) is 6. The molecule has 1 fully saturated rings. The predicted molar refractivity (Wildman–Crippen MR) is 134 cm³/mol. The number of ether oxygens (including phenoxy) is 1. The quantitative estimate of drug-likeness (QED) is 0.603. The van der Waals surface area contributed by atoms with Crippen molar-refractivity contribution in [1.29, 1.82) is 0 Å². The number of fused-ring (bicyclic) bond motifs is 1. The van der Waals surface area contributed by atoms with Crippen molar-refractivity contribution >= 4 is 40.2 Å². The van der Waals surface area contributed by atoms with E-state index in [-0.39, 0.29) is 23.8 Å². The van der Waals surface area contributed by atoms with Gasteiger partial charge < -0.3 is 15.0 Å². The standard InChI is InChI=1S/C26H29N3O3S/c1-4-32-25(31)21-22(18-9-6-5-7-10-18)28-26-29(15-8-16-33-26)23(21)19-11-13-20(14-12-19)27-24(30)17(2)3/h5-7,9-14,17,23H,4,8,15-16H2,1-3H3,(H,27,30). The van der Waals surface area contributed by atoms with E-state index in [0.29, 0.717) is 17.9 Å². The van der Waals surface area contributed by atoms with Gasteiger partial charge in [0, 0.05) is 29.5 Å². The Morgan fingerprint density at radius 3 is 2.55 bits per heavy atom. The van der Waals surface area contributed by atoms with Gasteiger partial charge in [-0.15, -0.1) is 0 Å². The molecule has 172 valence electrons. The molecule has 0 radical (unpaired) electrons. The topological polar surface area (TPSA) is 71.0 Å². The molecule has 0 aliphatic carbocycles. The van der Waals surface area contributed by atoms with Crippen molar-refractivity contribution < 1.29 is 14.3 Å². The molecule has 2 aromatic rings. The van der Waals surface area contributed by atoms with E-state index in [1.807, 2.05) is 75.4 Å². The first-order valence-corrected chi connectivity index (χ1v) is 12.3. The number of hydrogen-bond donors (Lipinski definition) is 1. The first kappa shape index (κ1) is 23.1. The van der Waals surface area contributed by atoms with E-state index in [1.165, 1.54) is 0 Å². The molecule has 4 rings (SSSR count). The molecule has 2 aliphatic heterocycles. The van der Waals surface area contributed by atoms with Gasteiger partial charge in [0.2, 0.25) is 5.91 Å². The molecule has 2 heterocycles. The molecule has 1 N–H and O–H groups in total. The Bertz CT molecular complexity index is 1080. The first-order valence-electron chi connectivity index (χ1n) is 11.3. The highest BCUT2D eigenvalue weighted by atomic mass is 32.2.